The monoisotopic (exact) mass is 331 g/mol. The molecule has 2 aromatic rings. The van der Waals surface area contributed by atoms with Crippen molar-refractivity contribution in [3.8, 4) is 0 Å². The van der Waals surface area contributed by atoms with E-state index in [1.54, 1.807) is 0 Å². The number of amides is 3. The Morgan fingerprint density at radius 2 is 2.09 bits per heavy atom. The zero-order chi connectivity index (χ0) is 16.4. The molecule has 1 fully saturated rings. The summed E-state index contributed by atoms with van der Waals surface area (Å²) in [4.78, 5) is 36.2. The number of hydrogen-bond donors (Lipinski definition) is 1. The maximum Gasteiger partial charge on any atom is 0.288 e. The first-order valence-electron chi connectivity index (χ1n) is 7.33. The van der Waals surface area contributed by atoms with E-state index in [1.807, 2.05) is 42.1 Å². The molecule has 1 aromatic carbocycles. The molecule has 2 heterocycles. The normalized spacial score (nSPS) is 14.7. The summed E-state index contributed by atoms with van der Waals surface area (Å²) in [5, 5.41) is 3.59. The molecular weight excluding hydrogens is 314 g/mol. The van der Waals surface area contributed by atoms with E-state index >= 15 is 0 Å². The second-order valence-electron chi connectivity index (χ2n) is 5.41. The predicted octanol–water partition coefficient (Wildman–Crippen LogP) is 1.53. The van der Waals surface area contributed by atoms with Gasteiger partial charge in [-0.15, -0.1) is 0 Å². The summed E-state index contributed by atoms with van der Waals surface area (Å²) in [6, 6.07) is 7.93. The van der Waals surface area contributed by atoms with Gasteiger partial charge in [0.25, 0.3) is 5.24 Å². The van der Waals surface area contributed by atoms with E-state index in [2.05, 4.69) is 5.32 Å². The molecule has 0 spiro atoms. The molecule has 3 rings (SSSR count). The Bertz CT molecular complexity index is 768. The summed E-state index contributed by atoms with van der Waals surface area (Å²) in [6.07, 6.45) is 2.23. The Morgan fingerprint density at radius 3 is 2.83 bits per heavy atom. The third-order valence-corrected chi connectivity index (χ3v) is 4.69. The van der Waals surface area contributed by atoms with Crippen molar-refractivity contribution < 1.29 is 14.4 Å². The molecule has 1 saturated heterocycles. The van der Waals surface area contributed by atoms with Gasteiger partial charge >= 0.3 is 0 Å². The number of nitrogens with one attached hydrogen (secondary N) is 1. The molecule has 1 N–H and O–H groups in total. The van der Waals surface area contributed by atoms with Gasteiger partial charge in [-0.25, -0.2) is 0 Å². The van der Waals surface area contributed by atoms with E-state index in [1.165, 1.54) is 4.90 Å². The third-order valence-electron chi connectivity index (χ3n) is 3.83. The SMILES string of the molecule is Cn1cc(CC(=O)NCCN2C(=O)CSC2=O)c2ccccc21. The van der Waals surface area contributed by atoms with Crippen LogP contribution in [0.1, 0.15) is 5.56 Å². The molecule has 1 aliphatic heterocycles. The highest BCUT2D eigenvalue weighted by Gasteiger charge is 2.29. The molecule has 1 aromatic heterocycles. The van der Waals surface area contributed by atoms with Gasteiger partial charge in [0.1, 0.15) is 0 Å². The Balaban J connectivity index is 1.57. The molecule has 3 amide bonds. The average Bonchev–Trinajstić information content (AvgIpc) is 3.02. The first-order valence-corrected chi connectivity index (χ1v) is 8.31. The van der Waals surface area contributed by atoms with Gasteiger partial charge in [0.2, 0.25) is 11.8 Å². The lowest BCUT2D eigenvalue weighted by Crippen LogP contribution is -2.37. The smallest absolute Gasteiger partial charge is 0.288 e. The van der Waals surface area contributed by atoms with Crippen LogP contribution in [-0.2, 0) is 23.1 Å². The van der Waals surface area contributed by atoms with Crippen molar-refractivity contribution in [3.05, 3.63) is 36.0 Å². The average molecular weight is 331 g/mol. The molecule has 0 aliphatic carbocycles. The molecule has 0 atom stereocenters. The first kappa shape index (κ1) is 15.6. The number of carbonyl (C=O) groups is 3. The summed E-state index contributed by atoms with van der Waals surface area (Å²) in [5.74, 6) is -0.112. The number of aromatic nitrogens is 1. The van der Waals surface area contributed by atoms with Gasteiger partial charge in [-0.1, -0.05) is 30.0 Å². The Labute approximate surface area is 137 Å². The molecule has 1 aliphatic rings. The molecule has 120 valence electrons. The van der Waals surface area contributed by atoms with Gasteiger partial charge < -0.3 is 9.88 Å². The summed E-state index contributed by atoms with van der Waals surface area (Å²) < 4.78 is 2.00. The number of thioether (sulfide) groups is 1. The number of para-hydroxylation sites is 1. The minimum absolute atomic E-state index is 0.117. The molecule has 6 nitrogen and oxygen atoms in total. The van der Waals surface area contributed by atoms with Crippen LogP contribution >= 0.6 is 11.8 Å². The van der Waals surface area contributed by atoms with Crippen molar-refractivity contribution in [3.63, 3.8) is 0 Å². The fraction of sp³-hybridized carbons (Fsp3) is 0.312. The maximum atomic E-state index is 12.1. The summed E-state index contributed by atoms with van der Waals surface area (Å²) in [5.41, 5.74) is 2.05. The minimum atomic E-state index is -0.238. The van der Waals surface area contributed by atoms with Crippen LogP contribution in [0, 0.1) is 0 Å². The molecule has 0 unspecified atom stereocenters. The number of hydrogen-bond acceptors (Lipinski definition) is 4. The van der Waals surface area contributed by atoms with Crippen LogP contribution in [0.5, 0.6) is 0 Å². The van der Waals surface area contributed by atoms with Crippen molar-refractivity contribution in [1.82, 2.24) is 14.8 Å². The third kappa shape index (κ3) is 3.24. The lowest BCUT2D eigenvalue weighted by molar-refractivity contribution is -0.125. The van der Waals surface area contributed by atoms with Gasteiger partial charge in [0.05, 0.1) is 12.2 Å². The highest BCUT2D eigenvalue weighted by Crippen LogP contribution is 2.20. The molecule has 7 heteroatoms. The van der Waals surface area contributed by atoms with Crippen molar-refractivity contribution in [1.29, 1.82) is 0 Å². The van der Waals surface area contributed by atoms with Crippen LogP contribution < -0.4 is 5.32 Å². The second-order valence-corrected chi connectivity index (χ2v) is 6.34. The van der Waals surface area contributed by atoms with E-state index in [0.717, 1.165) is 28.2 Å². The van der Waals surface area contributed by atoms with E-state index in [4.69, 9.17) is 0 Å². The first-order chi connectivity index (χ1) is 11.1. The van der Waals surface area contributed by atoms with Crippen LogP contribution in [0.25, 0.3) is 10.9 Å². The summed E-state index contributed by atoms with van der Waals surface area (Å²) in [7, 11) is 1.95. The molecule has 0 radical (unpaired) electrons. The van der Waals surface area contributed by atoms with Crippen LogP contribution in [0.2, 0.25) is 0 Å². The van der Waals surface area contributed by atoms with Crippen LogP contribution in [0.3, 0.4) is 0 Å². The highest BCUT2D eigenvalue weighted by atomic mass is 32.2. The number of rotatable bonds is 5. The Morgan fingerprint density at radius 1 is 1.30 bits per heavy atom. The van der Waals surface area contributed by atoms with Crippen molar-refractivity contribution in [2.45, 2.75) is 6.42 Å². The fourth-order valence-electron chi connectivity index (χ4n) is 2.71. The summed E-state index contributed by atoms with van der Waals surface area (Å²) >= 11 is 1.00. The standard InChI is InChI=1S/C16H17N3O3S/c1-18-9-11(12-4-2-3-5-13(12)18)8-14(20)17-6-7-19-15(21)10-23-16(19)22/h2-5,9H,6-8,10H2,1H3,(H,17,20). The van der Waals surface area contributed by atoms with Gasteiger partial charge in [-0.3, -0.25) is 19.3 Å². The number of imide groups is 1. The zero-order valence-electron chi connectivity index (χ0n) is 12.7. The van der Waals surface area contributed by atoms with Gasteiger partial charge in [-0.05, 0) is 11.6 Å². The second kappa shape index (κ2) is 6.45. The molecule has 23 heavy (non-hydrogen) atoms. The lowest BCUT2D eigenvalue weighted by atomic mass is 10.1. The van der Waals surface area contributed by atoms with Crippen LogP contribution in [0.15, 0.2) is 30.5 Å². The van der Waals surface area contributed by atoms with Crippen molar-refractivity contribution in [2.24, 2.45) is 7.05 Å². The number of carbonyl (C=O) groups excluding carboxylic acids is 3. The number of aryl methyl sites for hydroxylation is 1. The van der Waals surface area contributed by atoms with Gasteiger partial charge in [-0.2, -0.15) is 0 Å². The fourth-order valence-corrected chi connectivity index (χ4v) is 3.46. The predicted molar refractivity (Wildman–Crippen MR) is 89.2 cm³/mol. The van der Waals surface area contributed by atoms with E-state index < -0.39 is 0 Å². The number of fused-ring (bicyclic) bond motifs is 1. The minimum Gasteiger partial charge on any atom is -0.354 e. The van der Waals surface area contributed by atoms with Crippen LogP contribution in [-0.4, -0.2) is 45.4 Å². The molecule has 0 saturated carbocycles. The quantitative estimate of drug-likeness (QED) is 0.902. The van der Waals surface area contributed by atoms with E-state index in [9.17, 15) is 14.4 Å². The summed E-state index contributed by atoms with van der Waals surface area (Å²) in [6.45, 7) is 0.508. The van der Waals surface area contributed by atoms with Gasteiger partial charge in [0, 0.05) is 37.2 Å². The zero-order valence-corrected chi connectivity index (χ0v) is 13.6. The highest BCUT2D eigenvalue weighted by molar-refractivity contribution is 8.14. The Hall–Kier alpha value is -2.28. The van der Waals surface area contributed by atoms with E-state index in [-0.39, 0.29) is 42.3 Å². The van der Waals surface area contributed by atoms with E-state index in [0.29, 0.717) is 0 Å². The molecular formula is C16H17N3O3S. The number of nitrogens with zero attached hydrogens (tertiary/aromatic N) is 2. The van der Waals surface area contributed by atoms with Crippen LogP contribution in [0.4, 0.5) is 4.79 Å². The van der Waals surface area contributed by atoms with Crippen molar-refractivity contribution in [2.75, 3.05) is 18.8 Å². The lowest BCUT2D eigenvalue weighted by Gasteiger charge is -2.13. The molecule has 0 bridgehead atoms. The van der Waals surface area contributed by atoms with Crippen molar-refractivity contribution >= 4 is 39.7 Å². The largest absolute Gasteiger partial charge is 0.354 e. The Kier molecular flexibility index (Phi) is 4.38. The maximum absolute atomic E-state index is 12.1. The number of benzene rings is 1. The van der Waals surface area contributed by atoms with Gasteiger partial charge in [0.15, 0.2) is 0 Å². The topological polar surface area (TPSA) is 71.4 Å².